The molecule has 134 valence electrons. The van der Waals surface area contributed by atoms with E-state index in [-0.39, 0.29) is 18.2 Å². The fraction of sp³-hybridized carbons (Fsp3) is 0.444. The Morgan fingerprint density at radius 3 is 2.88 bits per heavy atom. The molecule has 3 heterocycles. The number of ether oxygens (including phenoxy) is 2. The van der Waals surface area contributed by atoms with Crippen LogP contribution in [-0.4, -0.2) is 48.8 Å². The number of nitrogens with one attached hydrogen (secondary N) is 1. The summed E-state index contributed by atoms with van der Waals surface area (Å²) in [5, 5.41) is 4.98. The number of likely N-dealkylation sites (tertiary alicyclic amines) is 1. The second kappa shape index (κ2) is 8.82. The maximum atomic E-state index is 12.4. The van der Waals surface area contributed by atoms with Crippen LogP contribution in [0.5, 0.6) is 5.75 Å². The zero-order valence-corrected chi connectivity index (χ0v) is 15.1. The number of methoxy groups -OCH3 is 1. The lowest BCUT2D eigenvalue weighted by Crippen LogP contribution is -2.47. The van der Waals surface area contributed by atoms with Gasteiger partial charge in [-0.05, 0) is 23.6 Å². The zero-order chi connectivity index (χ0) is 17.5. The van der Waals surface area contributed by atoms with Crippen molar-refractivity contribution in [2.45, 2.75) is 25.0 Å². The Bertz CT molecular complexity index is 643. The standard InChI is InChI=1S/C18H23N3O3S/c1-23-16(17-5-3-11-25-17)13-20-18(22)21-9-6-14(7-10-21)24-15-4-2-8-19-12-15/h2-5,8,11-12,14,16H,6-7,9-10,13H2,1H3,(H,20,22). The molecular weight excluding hydrogens is 338 g/mol. The van der Waals surface area contributed by atoms with Gasteiger partial charge in [-0.3, -0.25) is 4.98 Å². The van der Waals surface area contributed by atoms with Crippen LogP contribution in [-0.2, 0) is 4.74 Å². The highest BCUT2D eigenvalue weighted by Gasteiger charge is 2.24. The first-order chi connectivity index (χ1) is 12.3. The van der Waals surface area contributed by atoms with Crippen molar-refractivity contribution in [1.29, 1.82) is 0 Å². The lowest BCUT2D eigenvalue weighted by Gasteiger charge is -2.32. The van der Waals surface area contributed by atoms with Crippen molar-refractivity contribution < 1.29 is 14.3 Å². The van der Waals surface area contributed by atoms with Gasteiger partial charge in [0.15, 0.2) is 0 Å². The normalized spacial score (nSPS) is 16.4. The number of aromatic nitrogens is 1. The molecule has 1 fully saturated rings. The lowest BCUT2D eigenvalue weighted by molar-refractivity contribution is 0.0947. The van der Waals surface area contributed by atoms with Gasteiger partial charge in [-0.15, -0.1) is 11.3 Å². The van der Waals surface area contributed by atoms with E-state index in [0.717, 1.165) is 23.5 Å². The highest BCUT2D eigenvalue weighted by Crippen LogP contribution is 2.21. The van der Waals surface area contributed by atoms with Gasteiger partial charge in [0.2, 0.25) is 0 Å². The Labute approximate surface area is 151 Å². The van der Waals surface area contributed by atoms with E-state index in [1.807, 2.05) is 34.5 Å². The molecule has 7 heteroatoms. The molecule has 1 N–H and O–H groups in total. The molecule has 0 spiro atoms. The van der Waals surface area contributed by atoms with Gasteiger partial charge in [-0.1, -0.05) is 6.07 Å². The van der Waals surface area contributed by atoms with Gasteiger partial charge in [0.05, 0.1) is 12.7 Å². The van der Waals surface area contributed by atoms with E-state index in [9.17, 15) is 4.79 Å². The van der Waals surface area contributed by atoms with Crippen LogP contribution < -0.4 is 10.1 Å². The monoisotopic (exact) mass is 361 g/mol. The highest BCUT2D eigenvalue weighted by molar-refractivity contribution is 7.10. The van der Waals surface area contributed by atoms with Crippen molar-refractivity contribution in [3.8, 4) is 5.75 Å². The number of hydrogen-bond acceptors (Lipinski definition) is 5. The van der Waals surface area contributed by atoms with Crippen molar-refractivity contribution in [2.24, 2.45) is 0 Å². The highest BCUT2D eigenvalue weighted by atomic mass is 32.1. The third-order valence-corrected chi connectivity index (χ3v) is 5.21. The Balaban J connectivity index is 1.42. The summed E-state index contributed by atoms with van der Waals surface area (Å²) in [7, 11) is 1.66. The van der Waals surface area contributed by atoms with Crippen LogP contribution in [0.2, 0.25) is 0 Å². The number of nitrogens with zero attached hydrogens (tertiary/aromatic N) is 2. The van der Waals surface area contributed by atoms with Crippen LogP contribution in [0.4, 0.5) is 4.79 Å². The molecule has 6 nitrogen and oxygen atoms in total. The maximum Gasteiger partial charge on any atom is 0.317 e. The molecule has 1 unspecified atom stereocenters. The minimum atomic E-state index is -0.101. The van der Waals surface area contributed by atoms with E-state index in [0.29, 0.717) is 19.6 Å². The third kappa shape index (κ3) is 4.93. The quantitative estimate of drug-likeness (QED) is 0.859. The van der Waals surface area contributed by atoms with Crippen molar-refractivity contribution >= 4 is 17.4 Å². The number of carbonyl (C=O) groups is 1. The summed E-state index contributed by atoms with van der Waals surface area (Å²) in [5.41, 5.74) is 0. The van der Waals surface area contributed by atoms with Crippen molar-refractivity contribution in [1.82, 2.24) is 15.2 Å². The average molecular weight is 361 g/mol. The van der Waals surface area contributed by atoms with Crippen molar-refractivity contribution in [3.63, 3.8) is 0 Å². The number of rotatable bonds is 6. The number of urea groups is 1. The Morgan fingerprint density at radius 2 is 2.24 bits per heavy atom. The molecule has 2 amide bonds. The van der Waals surface area contributed by atoms with Crippen LogP contribution >= 0.6 is 11.3 Å². The van der Waals surface area contributed by atoms with Crippen molar-refractivity contribution in [2.75, 3.05) is 26.7 Å². The Kier molecular flexibility index (Phi) is 6.25. The summed E-state index contributed by atoms with van der Waals surface area (Å²) in [6.45, 7) is 1.85. The average Bonchev–Trinajstić information content (AvgIpc) is 3.18. The van der Waals surface area contributed by atoms with Gasteiger partial charge >= 0.3 is 6.03 Å². The summed E-state index contributed by atoms with van der Waals surface area (Å²) in [5.74, 6) is 0.782. The number of carbonyl (C=O) groups excluding carboxylic acids is 1. The first-order valence-electron chi connectivity index (χ1n) is 8.42. The zero-order valence-electron chi connectivity index (χ0n) is 14.3. The largest absolute Gasteiger partial charge is 0.489 e. The number of pyridine rings is 1. The molecular formula is C18H23N3O3S. The third-order valence-electron chi connectivity index (χ3n) is 4.25. The second-order valence-electron chi connectivity index (χ2n) is 5.92. The SMILES string of the molecule is COC(CNC(=O)N1CCC(Oc2cccnc2)CC1)c1cccs1. The summed E-state index contributed by atoms with van der Waals surface area (Å²) < 4.78 is 11.4. The molecule has 2 aromatic rings. The van der Waals surface area contributed by atoms with Crippen LogP contribution in [0.25, 0.3) is 0 Å². The first kappa shape index (κ1) is 17.7. The van der Waals surface area contributed by atoms with Gasteiger partial charge in [0, 0.05) is 44.1 Å². The predicted molar refractivity (Wildman–Crippen MR) is 96.9 cm³/mol. The fourth-order valence-electron chi connectivity index (χ4n) is 2.85. The summed E-state index contributed by atoms with van der Waals surface area (Å²) in [6.07, 6.45) is 5.11. The van der Waals surface area contributed by atoms with E-state index < -0.39 is 0 Å². The van der Waals surface area contributed by atoms with E-state index in [1.165, 1.54) is 0 Å². The number of piperidine rings is 1. The molecule has 1 saturated heterocycles. The second-order valence-corrected chi connectivity index (χ2v) is 6.90. The lowest BCUT2D eigenvalue weighted by atomic mass is 10.1. The topological polar surface area (TPSA) is 63.7 Å². The Hall–Kier alpha value is -2.12. The van der Waals surface area contributed by atoms with Crippen molar-refractivity contribution in [3.05, 3.63) is 46.9 Å². The summed E-state index contributed by atoms with van der Waals surface area (Å²) in [4.78, 5) is 19.4. The summed E-state index contributed by atoms with van der Waals surface area (Å²) >= 11 is 1.63. The van der Waals surface area contributed by atoms with Gasteiger partial charge < -0.3 is 19.7 Å². The molecule has 3 rings (SSSR count). The minimum Gasteiger partial charge on any atom is -0.489 e. The minimum absolute atomic E-state index is 0.0431. The van der Waals surface area contributed by atoms with Crippen LogP contribution in [0.3, 0.4) is 0 Å². The van der Waals surface area contributed by atoms with Gasteiger partial charge in [0.25, 0.3) is 0 Å². The van der Waals surface area contributed by atoms with E-state index in [2.05, 4.69) is 10.3 Å². The fourth-order valence-corrected chi connectivity index (χ4v) is 3.66. The van der Waals surface area contributed by atoms with E-state index in [4.69, 9.17) is 9.47 Å². The molecule has 0 saturated carbocycles. The number of thiophene rings is 1. The molecule has 0 aromatic carbocycles. The molecule has 1 atom stereocenters. The van der Waals surface area contributed by atoms with Crippen LogP contribution in [0.1, 0.15) is 23.8 Å². The molecule has 0 bridgehead atoms. The predicted octanol–water partition coefficient (Wildman–Crippen LogP) is 3.08. The molecule has 0 radical (unpaired) electrons. The van der Waals surface area contributed by atoms with E-state index in [1.54, 1.807) is 30.8 Å². The molecule has 1 aliphatic rings. The number of hydrogen-bond donors (Lipinski definition) is 1. The molecule has 2 aromatic heterocycles. The molecule has 1 aliphatic heterocycles. The van der Waals surface area contributed by atoms with Crippen LogP contribution in [0.15, 0.2) is 42.0 Å². The summed E-state index contributed by atoms with van der Waals surface area (Å²) in [6, 6.07) is 7.73. The molecule has 25 heavy (non-hydrogen) atoms. The van der Waals surface area contributed by atoms with Gasteiger partial charge in [0.1, 0.15) is 18.0 Å². The Morgan fingerprint density at radius 1 is 1.40 bits per heavy atom. The maximum absolute atomic E-state index is 12.4. The van der Waals surface area contributed by atoms with Gasteiger partial charge in [-0.25, -0.2) is 4.79 Å². The van der Waals surface area contributed by atoms with E-state index >= 15 is 0 Å². The van der Waals surface area contributed by atoms with Gasteiger partial charge in [-0.2, -0.15) is 0 Å². The number of amides is 2. The molecule has 0 aliphatic carbocycles. The van der Waals surface area contributed by atoms with Crippen LogP contribution in [0, 0.1) is 0 Å². The first-order valence-corrected chi connectivity index (χ1v) is 9.30. The smallest absolute Gasteiger partial charge is 0.317 e.